The van der Waals surface area contributed by atoms with Crippen molar-refractivity contribution < 1.29 is 0 Å². The van der Waals surface area contributed by atoms with Crippen LogP contribution in [0.4, 0.5) is 0 Å². The summed E-state index contributed by atoms with van der Waals surface area (Å²) in [5.41, 5.74) is 1.88. The zero-order chi connectivity index (χ0) is 10.7. The van der Waals surface area contributed by atoms with Gasteiger partial charge in [-0.2, -0.15) is 0 Å². The molecule has 0 bridgehead atoms. The lowest BCUT2D eigenvalue weighted by atomic mass is 10.1. The third kappa shape index (κ3) is 2.15. The first-order valence-electron chi connectivity index (χ1n) is 4.84. The van der Waals surface area contributed by atoms with Crippen LogP contribution in [0.5, 0.6) is 0 Å². The van der Waals surface area contributed by atoms with Gasteiger partial charge >= 0.3 is 0 Å². The quantitative estimate of drug-likeness (QED) is 0.744. The SMILES string of the molecule is CC(C)c1ncc(-c2cncnc2)cn1. The molecule has 0 aliphatic carbocycles. The molecule has 4 heteroatoms. The van der Waals surface area contributed by atoms with Crippen molar-refractivity contribution in [3.63, 3.8) is 0 Å². The molecule has 0 spiro atoms. The highest BCUT2D eigenvalue weighted by Gasteiger charge is 2.03. The fraction of sp³-hybridized carbons (Fsp3) is 0.273. The third-order valence-electron chi connectivity index (χ3n) is 2.08. The Labute approximate surface area is 88.5 Å². The van der Waals surface area contributed by atoms with Crippen molar-refractivity contribution in [3.05, 3.63) is 36.9 Å². The molecule has 0 aliphatic rings. The first-order chi connectivity index (χ1) is 7.27. The van der Waals surface area contributed by atoms with Gasteiger partial charge in [-0.3, -0.25) is 0 Å². The molecule has 2 rings (SSSR count). The molecule has 0 amide bonds. The Kier molecular flexibility index (Phi) is 2.67. The van der Waals surface area contributed by atoms with E-state index in [9.17, 15) is 0 Å². The molecule has 2 aromatic heterocycles. The summed E-state index contributed by atoms with van der Waals surface area (Å²) in [6.45, 7) is 4.14. The van der Waals surface area contributed by atoms with Crippen LogP contribution in [0.3, 0.4) is 0 Å². The smallest absolute Gasteiger partial charge is 0.130 e. The molecule has 0 saturated heterocycles. The van der Waals surface area contributed by atoms with Crippen LogP contribution in [0.1, 0.15) is 25.6 Å². The van der Waals surface area contributed by atoms with E-state index in [2.05, 4.69) is 33.8 Å². The summed E-state index contributed by atoms with van der Waals surface area (Å²) >= 11 is 0. The molecule has 0 unspecified atom stereocenters. The Morgan fingerprint density at radius 2 is 1.40 bits per heavy atom. The van der Waals surface area contributed by atoms with E-state index in [1.54, 1.807) is 24.8 Å². The highest BCUT2D eigenvalue weighted by Crippen LogP contribution is 2.16. The van der Waals surface area contributed by atoms with Gasteiger partial charge in [-0.05, 0) is 0 Å². The number of hydrogen-bond acceptors (Lipinski definition) is 4. The van der Waals surface area contributed by atoms with Crippen molar-refractivity contribution in [2.75, 3.05) is 0 Å². The van der Waals surface area contributed by atoms with Crippen LogP contribution >= 0.6 is 0 Å². The minimum atomic E-state index is 0.353. The van der Waals surface area contributed by atoms with Gasteiger partial charge in [0.2, 0.25) is 0 Å². The summed E-state index contributed by atoms with van der Waals surface area (Å²) in [5.74, 6) is 1.21. The molecule has 76 valence electrons. The first-order valence-corrected chi connectivity index (χ1v) is 4.84. The predicted molar refractivity (Wildman–Crippen MR) is 57.1 cm³/mol. The Morgan fingerprint density at radius 1 is 0.867 bits per heavy atom. The van der Waals surface area contributed by atoms with E-state index in [4.69, 9.17) is 0 Å². The molecule has 15 heavy (non-hydrogen) atoms. The standard InChI is InChI=1S/C11H12N4/c1-8(2)11-14-5-10(6-15-11)9-3-12-7-13-4-9/h3-8H,1-2H3. The summed E-state index contributed by atoms with van der Waals surface area (Å²) in [4.78, 5) is 16.5. The Bertz CT molecular complexity index is 422. The second-order valence-corrected chi connectivity index (χ2v) is 3.61. The molecule has 0 atom stereocenters. The topological polar surface area (TPSA) is 51.6 Å². The maximum Gasteiger partial charge on any atom is 0.130 e. The average molecular weight is 200 g/mol. The highest BCUT2D eigenvalue weighted by molar-refractivity contribution is 5.58. The maximum atomic E-state index is 4.29. The van der Waals surface area contributed by atoms with Gasteiger partial charge in [0.15, 0.2) is 0 Å². The van der Waals surface area contributed by atoms with E-state index < -0.39 is 0 Å². The minimum absolute atomic E-state index is 0.353. The van der Waals surface area contributed by atoms with Crippen molar-refractivity contribution in [1.29, 1.82) is 0 Å². The molecule has 4 nitrogen and oxygen atoms in total. The van der Waals surface area contributed by atoms with E-state index in [-0.39, 0.29) is 0 Å². The van der Waals surface area contributed by atoms with Crippen molar-refractivity contribution >= 4 is 0 Å². The van der Waals surface area contributed by atoms with Gasteiger partial charge in [-0.1, -0.05) is 13.8 Å². The fourth-order valence-corrected chi connectivity index (χ4v) is 1.23. The van der Waals surface area contributed by atoms with Gasteiger partial charge in [0.1, 0.15) is 12.2 Å². The molecule has 0 aromatic carbocycles. The highest BCUT2D eigenvalue weighted by atomic mass is 14.9. The lowest BCUT2D eigenvalue weighted by Gasteiger charge is -2.03. The van der Waals surface area contributed by atoms with Gasteiger partial charge in [0, 0.05) is 41.8 Å². The summed E-state index contributed by atoms with van der Waals surface area (Å²) in [6, 6.07) is 0. The fourth-order valence-electron chi connectivity index (χ4n) is 1.23. The van der Waals surface area contributed by atoms with E-state index in [0.717, 1.165) is 17.0 Å². The summed E-state index contributed by atoms with van der Waals surface area (Å²) in [6.07, 6.45) is 8.62. The number of nitrogens with zero attached hydrogens (tertiary/aromatic N) is 4. The van der Waals surface area contributed by atoms with Crippen LogP contribution < -0.4 is 0 Å². The molecular formula is C11H12N4. The van der Waals surface area contributed by atoms with Gasteiger partial charge in [-0.25, -0.2) is 19.9 Å². The zero-order valence-electron chi connectivity index (χ0n) is 8.75. The molecule has 2 heterocycles. The Hall–Kier alpha value is -1.84. The molecule has 0 saturated carbocycles. The van der Waals surface area contributed by atoms with Crippen LogP contribution in [0.2, 0.25) is 0 Å². The largest absolute Gasteiger partial charge is 0.244 e. The van der Waals surface area contributed by atoms with Crippen molar-refractivity contribution in [1.82, 2.24) is 19.9 Å². The lowest BCUT2D eigenvalue weighted by Crippen LogP contribution is -1.96. The number of hydrogen-bond donors (Lipinski definition) is 0. The molecule has 0 N–H and O–H groups in total. The molecule has 0 radical (unpaired) electrons. The zero-order valence-corrected chi connectivity index (χ0v) is 8.75. The lowest BCUT2D eigenvalue weighted by molar-refractivity contribution is 0.774. The van der Waals surface area contributed by atoms with Crippen LogP contribution in [0.15, 0.2) is 31.1 Å². The second-order valence-electron chi connectivity index (χ2n) is 3.61. The normalized spacial score (nSPS) is 10.6. The van der Waals surface area contributed by atoms with Gasteiger partial charge in [0.05, 0.1) is 0 Å². The molecule has 2 aromatic rings. The first kappa shape index (κ1) is 9.71. The van der Waals surface area contributed by atoms with E-state index in [1.807, 2.05) is 0 Å². The number of rotatable bonds is 2. The van der Waals surface area contributed by atoms with Crippen LogP contribution in [0, 0.1) is 0 Å². The summed E-state index contributed by atoms with van der Waals surface area (Å²) in [7, 11) is 0. The van der Waals surface area contributed by atoms with E-state index >= 15 is 0 Å². The van der Waals surface area contributed by atoms with Gasteiger partial charge < -0.3 is 0 Å². The molecule has 0 fully saturated rings. The number of aromatic nitrogens is 4. The van der Waals surface area contributed by atoms with Crippen LogP contribution in [-0.2, 0) is 0 Å². The van der Waals surface area contributed by atoms with Crippen LogP contribution in [-0.4, -0.2) is 19.9 Å². The van der Waals surface area contributed by atoms with E-state index in [1.165, 1.54) is 6.33 Å². The van der Waals surface area contributed by atoms with Gasteiger partial charge in [0.25, 0.3) is 0 Å². The van der Waals surface area contributed by atoms with Crippen molar-refractivity contribution in [3.8, 4) is 11.1 Å². The van der Waals surface area contributed by atoms with E-state index in [0.29, 0.717) is 5.92 Å². The minimum Gasteiger partial charge on any atom is -0.244 e. The third-order valence-corrected chi connectivity index (χ3v) is 2.08. The Morgan fingerprint density at radius 3 is 1.93 bits per heavy atom. The van der Waals surface area contributed by atoms with Gasteiger partial charge in [-0.15, -0.1) is 0 Å². The maximum absolute atomic E-state index is 4.29. The predicted octanol–water partition coefficient (Wildman–Crippen LogP) is 2.06. The second kappa shape index (κ2) is 4.13. The van der Waals surface area contributed by atoms with Crippen molar-refractivity contribution in [2.24, 2.45) is 0 Å². The summed E-state index contributed by atoms with van der Waals surface area (Å²) in [5, 5.41) is 0. The van der Waals surface area contributed by atoms with Crippen LogP contribution in [0.25, 0.3) is 11.1 Å². The molecule has 0 aliphatic heterocycles. The Balaban J connectivity index is 2.32. The summed E-state index contributed by atoms with van der Waals surface area (Å²) < 4.78 is 0. The average Bonchev–Trinajstić information content (AvgIpc) is 2.30. The van der Waals surface area contributed by atoms with Crippen molar-refractivity contribution in [2.45, 2.75) is 19.8 Å². The monoisotopic (exact) mass is 200 g/mol. The molecular weight excluding hydrogens is 188 g/mol.